The Morgan fingerprint density at radius 2 is 1.93 bits per heavy atom. The van der Waals surface area contributed by atoms with Crippen molar-refractivity contribution in [3.63, 3.8) is 0 Å². The van der Waals surface area contributed by atoms with E-state index in [1.54, 1.807) is 22.9 Å². The van der Waals surface area contributed by atoms with Crippen molar-refractivity contribution in [2.75, 3.05) is 6.54 Å². The van der Waals surface area contributed by atoms with E-state index in [1.165, 1.54) is 0 Å². The quantitative estimate of drug-likeness (QED) is 0.746. The Hall–Kier alpha value is -2.73. The minimum absolute atomic E-state index is 0.0317. The van der Waals surface area contributed by atoms with E-state index in [2.05, 4.69) is 9.97 Å². The van der Waals surface area contributed by atoms with Crippen molar-refractivity contribution < 1.29 is 9.90 Å². The highest BCUT2D eigenvalue weighted by Gasteiger charge is 2.50. The largest absolute Gasteiger partial charge is 0.385 e. The van der Waals surface area contributed by atoms with Gasteiger partial charge in [0.1, 0.15) is 0 Å². The molecule has 3 aromatic rings. The Morgan fingerprint density at radius 3 is 2.79 bits per heavy atom. The highest BCUT2D eigenvalue weighted by Crippen LogP contribution is 2.47. The Balaban J connectivity index is 1.50. The number of rotatable bonds is 2. The van der Waals surface area contributed by atoms with Crippen molar-refractivity contribution in [1.82, 2.24) is 19.3 Å². The van der Waals surface area contributed by atoms with E-state index in [-0.39, 0.29) is 17.9 Å². The normalized spacial score (nSPS) is 27.5. The van der Waals surface area contributed by atoms with Gasteiger partial charge in [0, 0.05) is 30.9 Å². The summed E-state index contributed by atoms with van der Waals surface area (Å²) < 4.78 is 1.75. The van der Waals surface area contributed by atoms with Gasteiger partial charge in [-0.25, -0.2) is 9.97 Å². The summed E-state index contributed by atoms with van der Waals surface area (Å²) in [4.78, 5) is 24.0. The van der Waals surface area contributed by atoms with Crippen LogP contribution in [0.25, 0.3) is 5.65 Å². The molecule has 1 saturated heterocycles. The molecule has 2 fully saturated rings. The fourth-order valence-electron chi connectivity index (χ4n) is 5.15. The van der Waals surface area contributed by atoms with Crippen LogP contribution in [0.3, 0.4) is 0 Å². The summed E-state index contributed by atoms with van der Waals surface area (Å²) >= 11 is 0. The van der Waals surface area contributed by atoms with Gasteiger partial charge in [-0.2, -0.15) is 0 Å². The maximum Gasteiger partial charge on any atom is 0.290 e. The minimum atomic E-state index is -0.876. The molecule has 0 radical (unpaired) electrons. The molecule has 6 nitrogen and oxygen atoms in total. The lowest BCUT2D eigenvalue weighted by atomic mass is 9.66. The molecule has 6 heteroatoms. The molecular formula is C22H24N4O2. The molecule has 1 amide bonds. The van der Waals surface area contributed by atoms with E-state index in [9.17, 15) is 9.90 Å². The SMILES string of the molecule is O=C(c1ncc2ncccn12)N1CCC(O)(c2ccccc2)[C@H]2CCCC[C@H]21. The molecule has 1 aliphatic heterocycles. The van der Waals surface area contributed by atoms with Gasteiger partial charge in [0.05, 0.1) is 11.8 Å². The molecule has 2 aliphatic rings. The second-order valence-electron chi connectivity index (χ2n) is 7.93. The van der Waals surface area contributed by atoms with Crippen molar-refractivity contribution in [3.05, 3.63) is 66.4 Å². The van der Waals surface area contributed by atoms with Crippen LogP contribution in [-0.4, -0.2) is 42.9 Å². The van der Waals surface area contributed by atoms with E-state index < -0.39 is 5.60 Å². The summed E-state index contributed by atoms with van der Waals surface area (Å²) in [6, 6.07) is 11.8. The number of aromatic nitrogens is 3. The third-order valence-corrected chi connectivity index (χ3v) is 6.51. The maximum absolute atomic E-state index is 13.4. The molecule has 5 rings (SSSR count). The van der Waals surface area contributed by atoms with Crippen molar-refractivity contribution in [2.45, 2.75) is 43.7 Å². The first kappa shape index (κ1) is 17.4. The van der Waals surface area contributed by atoms with Gasteiger partial charge in [-0.3, -0.25) is 9.20 Å². The summed E-state index contributed by atoms with van der Waals surface area (Å²) in [5.41, 5.74) is 0.762. The van der Waals surface area contributed by atoms with Gasteiger partial charge in [0.2, 0.25) is 5.82 Å². The molecule has 1 unspecified atom stereocenters. The molecule has 2 aromatic heterocycles. The number of fused-ring (bicyclic) bond motifs is 2. The van der Waals surface area contributed by atoms with Gasteiger partial charge < -0.3 is 10.0 Å². The number of piperidine rings is 1. The van der Waals surface area contributed by atoms with Crippen LogP contribution >= 0.6 is 0 Å². The molecule has 1 aromatic carbocycles. The minimum Gasteiger partial charge on any atom is -0.385 e. The Bertz CT molecular complexity index is 1000. The van der Waals surface area contributed by atoms with Gasteiger partial charge in [0.25, 0.3) is 5.91 Å². The van der Waals surface area contributed by atoms with E-state index in [1.807, 2.05) is 41.4 Å². The first-order valence-corrected chi connectivity index (χ1v) is 10.1. The van der Waals surface area contributed by atoms with E-state index in [4.69, 9.17) is 0 Å². The molecule has 1 aliphatic carbocycles. The predicted molar refractivity (Wildman–Crippen MR) is 105 cm³/mol. The first-order chi connectivity index (χ1) is 13.7. The molecule has 0 spiro atoms. The van der Waals surface area contributed by atoms with Crippen molar-refractivity contribution >= 4 is 11.6 Å². The number of benzene rings is 1. The number of carbonyl (C=O) groups excluding carboxylic acids is 1. The zero-order chi connectivity index (χ0) is 19.1. The maximum atomic E-state index is 13.4. The molecule has 1 N–H and O–H groups in total. The molecule has 0 bridgehead atoms. The Morgan fingerprint density at radius 1 is 1.11 bits per heavy atom. The third-order valence-electron chi connectivity index (χ3n) is 6.51. The zero-order valence-corrected chi connectivity index (χ0v) is 15.7. The lowest BCUT2D eigenvalue weighted by Gasteiger charge is -2.52. The Kier molecular flexibility index (Phi) is 4.16. The molecule has 144 valence electrons. The summed E-state index contributed by atoms with van der Waals surface area (Å²) in [6.45, 7) is 0.528. The lowest BCUT2D eigenvalue weighted by Crippen LogP contribution is -2.59. The van der Waals surface area contributed by atoms with Crippen LogP contribution in [0.5, 0.6) is 0 Å². The number of hydrogen-bond acceptors (Lipinski definition) is 4. The molecule has 28 heavy (non-hydrogen) atoms. The van der Waals surface area contributed by atoms with Gasteiger partial charge in [-0.05, 0) is 30.9 Å². The van der Waals surface area contributed by atoms with Crippen LogP contribution in [0.15, 0.2) is 55.0 Å². The van der Waals surface area contributed by atoms with E-state index in [0.29, 0.717) is 24.4 Å². The van der Waals surface area contributed by atoms with Crippen LogP contribution in [0, 0.1) is 5.92 Å². The first-order valence-electron chi connectivity index (χ1n) is 10.1. The standard InChI is InChI=1S/C22H24N4O2/c27-21(20-24-15-19-23-12-6-13-26(19)20)25-14-11-22(28,16-7-2-1-3-8-16)17-9-4-5-10-18(17)25/h1-3,6-8,12-13,15,17-18,28H,4-5,9-11,14H2/t17-,18+,22?/m0/s1. The topological polar surface area (TPSA) is 70.7 Å². The van der Waals surface area contributed by atoms with Gasteiger partial charge >= 0.3 is 0 Å². The third kappa shape index (κ3) is 2.63. The van der Waals surface area contributed by atoms with E-state index in [0.717, 1.165) is 31.2 Å². The van der Waals surface area contributed by atoms with E-state index >= 15 is 0 Å². The number of hydrogen-bond donors (Lipinski definition) is 1. The number of imidazole rings is 1. The average Bonchev–Trinajstić information content (AvgIpc) is 3.19. The number of amides is 1. The van der Waals surface area contributed by atoms with Crippen molar-refractivity contribution in [2.24, 2.45) is 5.92 Å². The fraction of sp³-hybridized carbons (Fsp3) is 0.409. The molecule has 3 heterocycles. The summed E-state index contributed by atoms with van der Waals surface area (Å²) in [5, 5.41) is 11.7. The zero-order valence-electron chi connectivity index (χ0n) is 15.7. The van der Waals surface area contributed by atoms with Crippen LogP contribution in [-0.2, 0) is 5.60 Å². The number of aliphatic hydroxyl groups is 1. The molecular weight excluding hydrogens is 352 g/mol. The second-order valence-corrected chi connectivity index (χ2v) is 7.93. The monoisotopic (exact) mass is 376 g/mol. The highest BCUT2D eigenvalue weighted by molar-refractivity contribution is 5.92. The summed E-state index contributed by atoms with van der Waals surface area (Å²) in [6.07, 6.45) is 9.74. The number of nitrogens with zero attached hydrogens (tertiary/aromatic N) is 4. The Labute approximate surface area is 163 Å². The summed E-state index contributed by atoms with van der Waals surface area (Å²) in [5.74, 6) is 0.378. The van der Waals surface area contributed by atoms with Crippen molar-refractivity contribution in [3.8, 4) is 0 Å². The smallest absolute Gasteiger partial charge is 0.290 e. The van der Waals surface area contributed by atoms with Crippen molar-refractivity contribution in [1.29, 1.82) is 0 Å². The van der Waals surface area contributed by atoms with Gasteiger partial charge in [0.15, 0.2) is 5.65 Å². The van der Waals surface area contributed by atoms with Crippen LogP contribution < -0.4 is 0 Å². The van der Waals surface area contributed by atoms with Crippen LogP contribution in [0.4, 0.5) is 0 Å². The second kappa shape index (κ2) is 6.71. The van der Waals surface area contributed by atoms with Gasteiger partial charge in [-0.15, -0.1) is 0 Å². The van der Waals surface area contributed by atoms with Crippen LogP contribution in [0.1, 0.15) is 48.3 Å². The average molecular weight is 376 g/mol. The molecule has 1 saturated carbocycles. The fourth-order valence-corrected chi connectivity index (χ4v) is 5.15. The summed E-state index contributed by atoms with van der Waals surface area (Å²) in [7, 11) is 0. The number of likely N-dealkylation sites (tertiary alicyclic amines) is 1. The lowest BCUT2D eigenvalue weighted by molar-refractivity contribution is -0.110. The highest BCUT2D eigenvalue weighted by atomic mass is 16.3. The molecule has 3 atom stereocenters. The van der Waals surface area contributed by atoms with Gasteiger partial charge in [-0.1, -0.05) is 43.2 Å². The predicted octanol–water partition coefficient (Wildman–Crippen LogP) is 3.02. The van der Waals surface area contributed by atoms with Crippen LogP contribution in [0.2, 0.25) is 0 Å². The number of carbonyl (C=O) groups is 1.